The van der Waals surface area contributed by atoms with E-state index in [0.29, 0.717) is 5.56 Å². The molecule has 0 saturated heterocycles. The van der Waals surface area contributed by atoms with Gasteiger partial charge < -0.3 is 0 Å². The summed E-state index contributed by atoms with van der Waals surface area (Å²) >= 11 is 0. The highest BCUT2D eigenvalue weighted by Crippen LogP contribution is 2.60. The summed E-state index contributed by atoms with van der Waals surface area (Å²) in [5, 5.41) is 0. The smallest absolute Gasteiger partial charge is 0.209 e. The molecule has 0 bridgehead atoms. The van der Waals surface area contributed by atoms with Crippen molar-refractivity contribution < 1.29 is 8.78 Å². The Labute approximate surface area is 175 Å². The Bertz CT molecular complexity index is 1100. The predicted octanol–water partition coefficient (Wildman–Crippen LogP) is 6.98. The third-order valence-corrected chi connectivity index (χ3v) is 6.61. The Balaban J connectivity index is 1.89. The number of hydrogen-bond acceptors (Lipinski definition) is 0. The summed E-state index contributed by atoms with van der Waals surface area (Å²) in [5.74, 6) is 0. The average molecular weight is 396 g/mol. The third kappa shape index (κ3) is 2.56. The lowest BCUT2D eigenvalue weighted by molar-refractivity contribution is 0.0669. The van der Waals surface area contributed by atoms with Gasteiger partial charge in [-0.1, -0.05) is 115 Å². The maximum Gasteiger partial charge on any atom is 0.252 e. The van der Waals surface area contributed by atoms with Crippen LogP contribution in [0.2, 0.25) is 0 Å². The molecule has 0 heterocycles. The summed E-state index contributed by atoms with van der Waals surface area (Å²) in [6, 6.07) is 37.2. The molecule has 0 radical (unpaired) electrons. The van der Waals surface area contributed by atoms with E-state index in [-0.39, 0.29) is 6.42 Å². The second-order valence-electron chi connectivity index (χ2n) is 8.00. The molecule has 1 aliphatic rings. The van der Waals surface area contributed by atoms with Crippen molar-refractivity contribution in [3.63, 3.8) is 0 Å². The zero-order valence-corrected chi connectivity index (χ0v) is 16.5. The van der Waals surface area contributed by atoms with Gasteiger partial charge in [-0.2, -0.15) is 0 Å². The normalized spacial score (nSPS) is 19.6. The van der Waals surface area contributed by atoms with Gasteiger partial charge in [0.2, 0.25) is 0 Å². The summed E-state index contributed by atoms with van der Waals surface area (Å²) in [6.07, 6.45) is -2.25. The summed E-state index contributed by atoms with van der Waals surface area (Å²) < 4.78 is 30.3. The standard InChI is InChI=1S/C28H22F2/c29-26(30)28(23-16-8-3-9-17-23)20-27(21-12-4-1-5-13-21,22-14-6-2-7-15-22)24-18-10-11-19-25(24)28/h1-19,26H,20H2. The molecule has 0 spiro atoms. The van der Waals surface area contributed by atoms with Crippen molar-refractivity contribution in [3.8, 4) is 0 Å². The average Bonchev–Trinajstić information content (AvgIpc) is 3.14. The van der Waals surface area contributed by atoms with Gasteiger partial charge in [0.05, 0.1) is 5.41 Å². The van der Waals surface area contributed by atoms with Crippen molar-refractivity contribution in [2.24, 2.45) is 0 Å². The highest BCUT2D eigenvalue weighted by Gasteiger charge is 2.58. The van der Waals surface area contributed by atoms with Crippen LogP contribution in [0.5, 0.6) is 0 Å². The fourth-order valence-electron chi connectivity index (χ4n) is 5.29. The van der Waals surface area contributed by atoms with Crippen LogP contribution in [0.4, 0.5) is 8.78 Å². The van der Waals surface area contributed by atoms with Crippen molar-refractivity contribution in [1.29, 1.82) is 0 Å². The third-order valence-electron chi connectivity index (χ3n) is 6.61. The summed E-state index contributed by atoms with van der Waals surface area (Å²) in [6.45, 7) is 0. The van der Waals surface area contributed by atoms with E-state index in [4.69, 9.17) is 0 Å². The molecular weight excluding hydrogens is 374 g/mol. The fraction of sp³-hybridized carbons (Fsp3) is 0.143. The zero-order valence-electron chi connectivity index (χ0n) is 16.5. The van der Waals surface area contributed by atoms with Crippen LogP contribution in [-0.2, 0) is 10.8 Å². The second kappa shape index (κ2) is 7.21. The Morgan fingerprint density at radius 3 is 1.37 bits per heavy atom. The topological polar surface area (TPSA) is 0 Å². The number of benzene rings is 4. The minimum absolute atomic E-state index is 0.287. The maximum atomic E-state index is 15.1. The number of halogens is 2. The summed E-state index contributed by atoms with van der Waals surface area (Å²) in [4.78, 5) is 0. The zero-order chi connectivity index (χ0) is 20.6. The van der Waals surface area contributed by atoms with Gasteiger partial charge in [0, 0.05) is 5.41 Å². The van der Waals surface area contributed by atoms with E-state index in [2.05, 4.69) is 24.3 Å². The van der Waals surface area contributed by atoms with Crippen LogP contribution in [-0.4, -0.2) is 6.43 Å². The van der Waals surface area contributed by atoms with Crippen LogP contribution in [0.3, 0.4) is 0 Å². The van der Waals surface area contributed by atoms with Gasteiger partial charge in [-0.15, -0.1) is 0 Å². The van der Waals surface area contributed by atoms with E-state index in [1.54, 1.807) is 0 Å². The molecule has 0 nitrogen and oxygen atoms in total. The fourth-order valence-corrected chi connectivity index (χ4v) is 5.29. The van der Waals surface area contributed by atoms with Crippen LogP contribution in [0, 0.1) is 0 Å². The van der Waals surface area contributed by atoms with Gasteiger partial charge in [0.15, 0.2) is 0 Å². The number of rotatable bonds is 4. The van der Waals surface area contributed by atoms with Gasteiger partial charge in [0.25, 0.3) is 6.43 Å². The first-order valence-electron chi connectivity index (χ1n) is 10.2. The van der Waals surface area contributed by atoms with E-state index >= 15 is 8.78 Å². The van der Waals surface area contributed by atoms with Crippen molar-refractivity contribution >= 4 is 0 Å². The maximum absolute atomic E-state index is 15.1. The molecule has 1 atom stereocenters. The van der Waals surface area contributed by atoms with E-state index in [1.165, 1.54) is 0 Å². The number of alkyl halides is 2. The highest BCUT2D eigenvalue weighted by molar-refractivity contribution is 5.63. The highest BCUT2D eigenvalue weighted by atomic mass is 19.3. The number of fused-ring (bicyclic) bond motifs is 1. The minimum atomic E-state index is -2.53. The largest absolute Gasteiger partial charge is 0.252 e. The lowest BCUT2D eigenvalue weighted by atomic mass is 9.67. The van der Waals surface area contributed by atoms with Gasteiger partial charge >= 0.3 is 0 Å². The van der Waals surface area contributed by atoms with Gasteiger partial charge in [-0.05, 0) is 34.2 Å². The van der Waals surface area contributed by atoms with Gasteiger partial charge in [0.1, 0.15) is 0 Å². The van der Waals surface area contributed by atoms with Crippen molar-refractivity contribution in [1.82, 2.24) is 0 Å². The van der Waals surface area contributed by atoms with E-state index in [1.807, 2.05) is 91.0 Å². The molecule has 0 saturated carbocycles. The van der Waals surface area contributed by atoms with Gasteiger partial charge in [-0.25, -0.2) is 8.78 Å². The molecule has 0 amide bonds. The molecule has 4 aromatic carbocycles. The molecule has 0 aliphatic heterocycles. The summed E-state index contributed by atoms with van der Waals surface area (Å²) in [5.41, 5.74) is 2.42. The molecule has 1 unspecified atom stereocenters. The Morgan fingerprint density at radius 1 is 0.500 bits per heavy atom. The Hall–Kier alpha value is -3.26. The van der Waals surface area contributed by atoms with Crippen LogP contribution in [0.25, 0.3) is 0 Å². The first-order chi connectivity index (χ1) is 14.7. The van der Waals surface area contributed by atoms with Crippen LogP contribution in [0.15, 0.2) is 115 Å². The molecular formula is C28H22F2. The quantitative estimate of drug-likeness (QED) is 0.349. The van der Waals surface area contributed by atoms with E-state index in [9.17, 15) is 0 Å². The van der Waals surface area contributed by atoms with E-state index < -0.39 is 17.3 Å². The molecule has 5 rings (SSSR count). The van der Waals surface area contributed by atoms with Crippen LogP contribution in [0.1, 0.15) is 34.2 Å². The lowest BCUT2D eigenvalue weighted by Gasteiger charge is -2.36. The Kier molecular flexibility index (Phi) is 4.51. The molecule has 148 valence electrons. The molecule has 4 aromatic rings. The first kappa shape index (κ1) is 18.7. The van der Waals surface area contributed by atoms with Crippen LogP contribution >= 0.6 is 0 Å². The monoisotopic (exact) mass is 396 g/mol. The minimum Gasteiger partial charge on any atom is -0.209 e. The van der Waals surface area contributed by atoms with Crippen molar-refractivity contribution in [3.05, 3.63) is 143 Å². The van der Waals surface area contributed by atoms with E-state index in [0.717, 1.165) is 22.3 Å². The molecule has 2 heteroatoms. The van der Waals surface area contributed by atoms with Gasteiger partial charge in [-0.3, -0.25) is 0 Å². The second-order valence-corrected chi connectivity index (χ2v) is 8.00. The first-order valence-corrected chi connectivity index (χ1v) is 10.2. The molecule has 1 aliphatic carbocycles. The Morgan fingerprint density at radius 2 is 0.900 bits per heavy atom. The van der Waals surface area contributed by atoms with Crippen molar-refractivity contribution in [2.45, 2.75) is 23.7 Å². The molecule has 0 fully saturated rings. The number of hydrogen-bond donors (Lipinski definition) is 0. The molecule has 0 aromatic heterocycles. The molecule has 30 heavy (non-hydrogen) atoms. The lowest BCUT2D eigenvalue weighted by Crippen LogP contribution is -2.37. The van der Waals surface area contributed by atoms with Crippen molar-refractivity contribution in [2.75, 3.05) is 0 Å². The van der Waals surface area contributed by atoms with Crippen LogP contribution < -0.4 is 0 Å². The molecule has 0 N–H and O–H groups in total. The predicted molar refractivity (Wildman–Crippen MR) is 117 cm³/mol. The SMILES string of the molecule is FC(F)C1(c2ccccc2)CC(c2ccccc2)(c2ccccc2)c2ccccc21. The summed E-state index contributed by atoms with van der Waals surface area (Å²) in [7, 11) is 0.